The number of carbonyl (C=O) groups excluding carboxylic acids is 2. The molecule has 1 heterocycles. The molecule has 2 amide bonds. The number of nitrogens with one attached hydrogen (secondary N) is 2. The third-order valence-electron chi connectivity index (χ3n) is 3.72. The molecule has 2 N–H and O–H groups in total. The first-order valence-electron chi connectivity index (χ1n) is 7.65. The number of anilines is 1. The van der Waals surface area contributed by atoms with Crippen LogP contribution in [0.25, 0.3) is 0 Å². The molecule has 6 nitrogen and oxygen atoms in total. The minimum atomic E-state index is -0.0430. The predicted molar refractivity (Wildman–Crippen MR) is 89.0 cm³/mol. The van der Waals surface area contributed by atoms with E-state index in [0.717, 1.165) is 16.9 Å². The molecule has 0 aliphatic rings. The largest absolute Gasteiger partial charge is 0.359 e. The van der Waals surface area contributed by atoms with E-state index in [9.17, 15) is 9.59 Å². The minimum Gasteiger partial charge on any atom is -0.359 e. The number of para-hydroxylation sites is 1. The van der Waals surface area contributed by atoms with Crippen molar-refractivity contribution in [3.63, 3.8) is 0 Å². The second-order valence-electron chi connectivity index (χ2n) is 5.32. The van der Waals surface area contributed by atoms with Crippen LogP contribution in [0, 0.1) is 0 Å². The van der Waals surface area contributed by atoms with Crippen molar-refractivity contribution >= 4 is 17.5 Å². The summed E-state index contributed by atoms with van der Waals surface area (Å²) < 4.78 is 1.77. The van der Waals surface area contributed by atoms with Crippen molar-refractivity contribution in [2.75, 3.05) is 12.4 Å². The maximum absolute atomic E-state index is 12.1. The Labute approximate surface area is 135 Å². The number of hydrogen-bond acceptors (Lipinski definition) is 3. The molecular formula is C17H22N4O2. The molecule has 0 saturated heterocycles. The number of aryl methyl sites for hydroxylation is 3. The molecule has 2 rings (SSSR count). The number of aromatic nitrogens is 2. The van der Waals surface area contributed by atoms with E-state index in [1.165, 1.54) is 0 Å². The molecule has 122 valence electrons. The van der Waals surface area contributed by atoms with Crippen LogP contribution in [0.4, 0.5) is 5.69 Å². The van der Waals surface area contributed by atoms with Crippen molar-refractivity contribution in [2.45, 2.75) is 25.7 Å². The molecule has 0 bridgehead atoms. The lowest BCUT2D eigenvalue weighted by atomic mass is 10.1. The first-order chi connectivity index (χ1) is 11.1. The van der Waals surface area contributed by atoms with E-state index < -0.39 is 0 Å². The Morgan fingerprint density at radius 3 is 2.52 bits per heavy atom. The molecule has 0 fully saturated rings. The Hall–Kier alpha value is -2.63. The van der Waals surface area contributed by atoms with Crippen LogP contribution in [0.5, 0.6) is 0 Å². The van der Waals surface area contributed by atoms with Crippen LogP contribution in [0.2, 0.25) is 0 Å². The van der Waals surface area contributed by atoms with Crippen LogP contribution in [0.1, 0.15) is 24.1 Å². The third kappa shape index (κ3) is 4.95. The molecule has 0 radical (unpaired) electrons. The van der Waals surface area contributed by atoms with Crippen LogP contribution in [-0.2, 0) is 29.5 Å². The predicted octanol–water partition coefficient (Wildman–Crippen LogP) is 1.67. The summed E-state index contributed by atoms with van der Waals surface area (Å²) in [6, 6.07) is 9.48. The highest BCUT2D eigenvalue weighted by atomic mass is 16.2. The van der Waals surface area contributed by atoms with E-state index in [4.69, 9.17) is 0 Å². The molecule has 0 aliphatic carbocycles. The van der Waals surface area contributed by atoms with E-state index in [1.54, 1.807) is 17.9 Å². The van der Waals surface area contributed by atoms with Gasteiger partial charge in [-0.2, -0.15) is 5.10 Å². The van der Waals surface area contributed by atoms with Gasteiger partial charge in [-0.05, 0) is 30.5 Å². The van der Waals surface area contributed by atoms with Gasteiger partial charge in [0, 0.05) is 44.5 Å². The molecule has 0 spiro atoms. The quantitative estimate of drug-likeness (QED) is 0.816. The van der Waals surface area contributed by atoms with Gasteiger partial charge in [-0.25, -0.2) is 0 Å². The minimum absolute atomic E-state index is 0.0117. The van der Waals surface area contributed by atoms with Crippen molar-refractivity contribution in [3.05, 3.63) is 47.8 Å². The number of hydrogen-bond donors (Lipinski definition) is 2. The Morgan fingerprint density at radius 2 is 1.83 bits per heavy atom. The maximum atomic E-state index is 12.1. The van der Waals surface area contributed by atoms with Crippen molar-refractivity contribution in [2.24, 2.45) is 7.05 Å². The number of nitrogens with zero attached hydrogens (tertiary/aromatic N) is 2. The first kappa shape index (κ1) is 16.7. The van der Waals surface area contributed by atoms with Gasteiger partial charge in [0.1, 0.15) is 0 Å². The van der Waals surface area contributed by atoms with Crippen LogP contribution in [0.3, 0.4) is 0 Å². The molecule has 0 saturated carbocycles. The molecule has 1 aromatic heterocycles. The summed E-state index contributed by atoms with van der Waals surface area (Å²) >= 11 is 0. The molecule has 23 heavy (non-hydrogen) atoms. The van der Waals surface area contributed by atoms with Crippen molar-refractivity contribution < 1.29 is 9.59 Å². The van der Waals surface area contributed by atoms with Gasteiger partial charge in [0.15, 0.2) is 0 Å². The van der Waals surface area contributed by atoms with Gasteiger partial charge < -0.3 is 10.6 Å². The fourth-order valence-corrected chi connectivity index (χ4v) is 2.33. The second-order valence-corrected chi connectivity index (χ2v) is 5.32. The SMILES string of the molecule is CNC(=O)CCc1ccccc1NC(=O)CCc1ccnn1C. The Morgan fingerprint density at radius 1 is 1.09 bits per heavy atom. The van der Waals surface area contributed by atoms with Crippen LogP contribution in [0.15, 0.2) is 36.5 Å². The van der Waals surface area contributed by atoms with Crippen molar-refractivity contribution in [1.82, 2.24) is 15.1 Å². The summed E-state index contributed by atoms with van der Waals surface area (Å²) in [6.45, 7) is 0. The van der Waals surface area contributed by atoms with Gasteiger partial charge in [-0.1, -0.05) is 18.2 Å². The lowest BCUT2D eigenvalue weighted by Crippen LogP contribution is -2.19. The van der Waals surface area contributed by atoms with Gasteiger partial charge in [-0.3, -0.25) is 14.3 Å². The lowest BCUT2D eigenvalue weighted by Gasteiger charge is -2.11. The first-order valence-corrected chi connectivity index (χ1v) is 7.65. The van der Waals surface area contributed by atoms with Gasteiger partial charge in [0.2, 0.25) is 11.8 Å². The zero-order valence-corrected chi connectivity index (χ0v) is 13.5. The number of rotatable bonds is 7. The molecule has 0 aliphatic heterocycles. The smallest absolute Gasteiger partial charge is 0.224 e. The monoisotopic (exact) mass is 314 g/mol. The summed E-state index contributed by atoms with van der Waals surface area (Å²) in [5, 5.41) is 9.62. The molecule has 2 aromatic rings. The summed E-state index contributed by atoms with van der Waals surface area (Å²) in [7, 11) is 3.48. The van der Waals surface area contributed by atoms with Crippen LogP contribution >= 0.6 is 0 Å². The van der Waals surface area contributed by atoms with Gasteiger partial charge in [-0.15, -0.1) is 0 Å². The summed E-state index contributed by atoms with van der Waals surface area (Å²) in [6.07, 6.45) is 3.75. The second kappa shape index (κ2) is 8.12. The average Bonchev–Trinajstić information content (AvgIpc) is 2.97. The van der Waals surface area contributed by atoms with E-state index in [0.29, 0.717) is 25.7 Å². The number of carbonyl (C=O) groups is 2. The number of benzene rings is 1. The van der Waals surface area contributed by atoms with Gasteiger partial charge in [0.25, 0.3) is 0 Å². The van der Waals surface area contributed by atoms with Crippen molar-refractivity contribution in [1.29, 1.82) is 0 Å². The molecular weight excluding hydrogens is 292 g/mol. The highest BCUT2D eigenvalue weighted by Crippen LogP contribution is 2.17. The molecule has 0 unspecified atom stereocenters. The van der Waals surface area contributed by atoms with E-state index >= 15 is 0 Å². The standard InChI is InChI=1S/C17H22N4O2/c1-18-16(22)9-7-13-5-3-4-6-15(13)20-17(23)10-8-14-11-12-19-21(14)2/h3-6,11-12H,7-10H2,1-2H3,(H,18,22)(H,20,23). The Kier molecular flexibility index (Phi) is 5.91. The molecule has 0 atom stereocenters. The highest BCUT2D eigenvalue weighted by molar-refractivity contribution is 5.91. The highest BCUT2D eigenvalue weighted by Gasteiger charge is 2.09. The fraction of sp³-hybridized carbons (Fsp3) is 0.353. The number of amides is 2. The summed E-state index contributed by atoms with van der Waals surface area (Å²) in [5.41, 5.74) is 2.75. The van der Waals surface area contributed by atoms with Gasteiger partial charge >= 0.3 is 0 Å². The van der Waals surface area contributed by atoms with E-state index in [2.05, 4.69) is 15.7 Å². The normalized spacial score (nSPS) is 10.3. The third-order valence-corrected chi connectivity index (χ3v) is 3.72. The van der Waals surface area contributed by atoms with Crippen LogP contribution in [-0.4, -0.2) is 28.6 Å². The van der Waals surface area contributed by atoms with Crippen molar-refractivity contribution in [3.8, 4) is 0 Å². The zero-order valence-electron chi connectivity index (χ0n) is 13.5. The zero-order chi connectivity index (χ0) is 16.7. The molecule has 1 aromatic carbocycles. The Bertz CT molecular complexity index is 679. The maximum Gasteiger partial charge on any atom is 0.224 e. The lowest BCUT2D eigenvalue weighted by molar-refractivity contribution is -0.120. The summed E-state index contributed by atoms with van der Waals surface area (Å²) in [5.74, 6) is -0.0547. The summed E-state index contributed by atoms with van der Waals surface area (Å²) in [4.78, 5) is 23.5. The van der Waals surface area contributed by atoms with E-state index in [1.807, 2.05) is 37.4 Å². The fourth-order valence-electron chi connectivity index (χ4n) is 2.33. The van der Waals surface area contributed by atoms with Crippen LogP contribution < -0.4 is 10.6 Å². The van der Waals surface area contributed by atoms with E-state index in [-0.39, 0.29) is 11.8 Å². The molecule has 6 heteroatoms. The topological polar surface area (TPSA) is 76.0 Å². The van der Waals surface area contributed by atoms with Gasteiger partial charge in [0.05, 0.1) is 0 Å². The Balaban J connectivity index is 1.92. The average molecular weight is 314 g/mol.